The van der Waals surface area contributed by atoms with E-state index in [0.717, 1.165) is 104 Å². The number of imide groups is 2. The van der Waals surface area contributed by atoms with Gasteiger partial charge in [0.15, 0.2) is 5.82 Å². The first-order valence-electron chi connectivity index (χ1n) is 23.6. The monoisotopic (exact) mass is 996 g/mol. The lowest BCUT2D eigenvalue weighted by Crippen LogP contribution is -2.54. The molecule has 4 amide bonds. The maximum atomic E-state index is 15.8. The molecule has 3 N–H and O–H groups in total. The predicted octanol–water partition coefficient (Wildman–Crippen LogP) is 3.80. The van der Waals surface area contributed by atoms with Gasteiger partial charge in [-0.15, -0.1) is 0 Å². The van der Waals surface area contributed by atoms with Crippen LogP contribution in [-0.2, 0) is 24.5 Å². The van der Waals surface area contributed by atoms with E-state index in [1.165, 1.54) is 6.20 Å². The van der Waals surface area contributed by atoms with Crippen LogP contribution in [0.5, 0.6) is 0 Å². The molecule has 18 nitrogen and oxygen atoms in total. The highest BCUT2D eigenvalue weighted by atomic mass is 32.2. The molecule has 5 aliphatic rings. The number of hydrogen-bond donors (Lipinski definition) is 3. The molecule has 7 heterocycles. The molecule has 22 heteroatoms. The van der Waals surface area contributed by atoms with Crippen LogP contribution in [0.25, 0.3) is 22.2 Å². The first kappa shape index (κ1) is 47.9. The minimum absolute atomic E-state index is 0.00168. The Hall–Kier alpha value is -6.72. The number of hydrogen-bond acceptors (Lipinski definition) is 13. The smallest absolute Gasteiger partial charge is 0.301 e. The van der Waals surface area contributed by atoms with Gasteiger partial charge in [-0.25, -0.2) is 18.2 Å². The van der Waals surface area contributed by atoms with E-state index < -0.39 is 81.3 Å². The Morgan fingerprint density at radius 1 is 0.775 bits per heavy atom. The van der Waals surface area contributed by atoms with Crippen LogP contribution >= 0.6 is 0 Å². The summed E-state index contributed by atoms with van der Waals surface area (Å²) < 4.78 is 79.1. The second-order valence-electron chi connectivity index (χ2n) is 18.3. The zero-order valence-corrected chi connectivity index (χ0v) is 39.4. The molecule has 10 rings (SSSR count). The Kier molecular flexibility index (Phi) is 13.4. The first-order chi connectivity index (χ1) is 34.2. The third-order valence-electron chi connectivity index (χ3n) is 14.0. The van der Waals surface area contributed by atoms with Crippen LogP contribution in [-0.4, -0.2) is 171 Å². The van der Waals surface area contributed by atoms with Gasteiger partial charge in [0.1, 0.15) is 23.7 Å². The van der Waals surface area contributed by atoms with Crippen molar-refractivity contribution in [1.29, 1.82) is 0 Å². The zero-order valence-electron chi connectivity index (χ0n) is 38.5. The number of aromatic nitrogens is 2. The lowest BCUT2D eigenvalue weighted by molar-refractivity contribution is -0.136. The summed E-state index contributed by atoms with van der Waals surface area (Å²) in [5.74, 6) is -5.65. The van der Waals surface area contributed by atoms with Crippen LogP contribution in [0.15, 0.2) is 73.1 Å². The highest BCUT2D eigenvalue weighted by molar-refractivity contribution is 7.90. The Morgan fingerprint density at radius 3 is 2.10 bits per heavy atom. The number of fused-ring (bicyclic) bond motifs is 2. The molecule has 0 radical (unpaired) electrons. The van der Waals surface area contributed by atoms with Gasteiger partial charge in [-0.1, -0.05) is 12.1 Å². The number of carbonyl (C=O) groups excluding carboxylic acids is 5. The van der Waals surface area contributed by atoms with Crippen LogP contribution in [0.3, 0.4) is 0 Å². The van der Waals surface area contributed by atoms with Crippen molar-refractivity contribution >= 4 is 67.7 Å². The standard InChI is InChI=1S/C49H51F3N10O8S/c50-32-11-12-61(29-32)71(68,69)56-40-8-7-39(51)43(44(40)52)45(64)38-28-54-46-36(38)25-31(27-53-46)30-1-3-33(4-2-30)59-17-13-57(14-18-59)21-23-70-24-22-58-15-19-60(20-16-58)34-5-6-35-37(26-34)49(67)62(48(35)66)41-9-10-42(63)55-47(41)65/h1-8,25-28,32,41,56H,9-24,29H2,(H,53,54)(H,55,63,65)/t32-,41?/m1/s1. The average molecular weight is 997 g/mol. The lowest BCUT2D eigenvalue weighted by Gasteiger charge is -2.36. The molecule has 1 unspecified atom stereocenters. The fourth-order valence-corrected chi connectivity index (χ4v) is 11.2. The van der Waals surface area contributed by atoms with Crippen molar-refractivity contribution in [3.05, 3.63) is 107 Å². The van der Waals surface area contributed by atoms with Crippen LogP contribution in [0, 0.1) is 11.6 Å². The molecule has 0 spiro atoms. The lowest BCUT2D eigenvalue weighted by atomic mass is 9.99. The normalized spacial score (nSPS) is 20.6. The van der Waals surface area contributed by atoms with Gasteiger partial charge in [0.25, 0.3) is 11.8 Å². The van der Waals surface area contributed by atoms with E-state index in [1.54, 1.807) is 24.4 Å². The number of piperidine rings is 1. The summed E-state index contributed by atoms with van der Waals surface area (Å²) in [5.41, 5.74) is 2.58. The average Bonchev–Trinajstić information content (AvgIpc) is 4.08. The van der Waals surface area contributed by atoms with E-state index in [2.05, 4.69) is 34.9 Å². The van der Waals surface area contributed by atoms with E-state index >= 15 is 8.78 Å². The number of benzene rings is 3. The molecule has 0 aliphatic carbocycles. The minimum atomic E-state index is -4.36. The number of halogens is 3. The number of amides is 4. The molecule has 71 heavy (non-hydrogen) atoms. The van der Waals surface area contributed by atoms with Crippen molar-refractivity contribution in [2.24, 2.45) is 0 Å². The minimum Gasteiger partial charge on any atom is -0.379 e. The number of H-pyrrole nitrogens is 1. The highest BCUT2D eigenvalue weighted by Gasteiger charge is 2.45. The van der Waals surface area contributed by atoms with Crippen molar-refractivity contribution in [3.8, 4) is 11.1 Å². The fraction of sp³-hybridized carbons (Fsp3) is 0.388. The predicted molar refractivity (Wildman–Crippen MR) is 256 cm³/mol. The molecule has 2 aromatic heterocycles. The van der Waals surface area contributed by atoms with Crippen LogP contribution < -0.4 is 19.8 Å². The van der Waals surface area contributed by atoms with Gasteiger partial charge >= 0.3 is 10.2 Å². The molecule has 3 aromatic carbocycles. The molecule has 4 fully saturated rings. The number of anilines is 3. The number of nitrogens with one attached hydrogen (secondary N) is 3. The van der Waals surface area contributed by atoms with Crippen molar-refractivity contribution in [3.63, 3.8) is 0 Å². The molecule has 0 bridgehead atoms. The molecular weight excluding hydrogens is 946 g/mol. The summed E-state index contributed by atoms with van der Waals surface area (Å²) in [6, 6.07) is 15.5. The van der Waals surface area contributed by atoms with Crippen LogP contribution in [0.1, 0.15) is 55.9 Å². The highest BCUT2D eigenvalue weighted by Crippen LogP contribution is 2.33. The van der Waals surface area contributed by atoms with Gasteiger partial charge in [-0.3, -0.25) is 48.7 Å². The third kappa shape index (κ3) is 9.73. The number of aromatic amines is 1. The Labute approximate surface area is 406 Å². The second kappa shape index (κ2) is 19.8. The van der Waals surface area contributed by atoms with Crippen molar-refractivity contribution in [2.75, 3.05) is 106 Å². The zero-order chi connectivity index (χ0) is 49.6. The number of ether oxygens (including phenoxy) is 1. The van der Waals surface area contributed by atoms with Gasteiger partial charge in [0.05, 0.1) is 35.6 Å². The van der Waals surface area contributed by atoms with Crippen molar-refractivity contribution in [1.82, 2.24) is 34.3 Å². The molecular formula is C49H51F3N10O8S. The molecule has 372 valence electrons. The molecule has 4 saturated heterocycles. The van der Waals surface area contributed by atoms with Crippen molar-refractivity contribution < 1.29 is 50.3 Å². The quantitative estimate of drug-likeness (QED) is 0.0778. The molecule has 5 aromatic rings. The number of nitrogens with zero attached hydrogens (tertiary/aromatic N) is 7. The van der Waals surface area contributed by atoms with Gasteiger partial charge in [-0.2, -0.15) is 12.7 Å². The fourth-order valence-electron chi connectivity index (χ4n) is 9.90. The van der Waals surface area contributed by atoms with E-state index in [9.17, 15) is 36.8 Å². The summed E-state index contributed by atoms with van der Waals surface area (Å²) in [6.07, 6.45) is 1.77. The van der Waals surface area contributed by atoms with E-state index in [4.69, 9.17) is 4.74 Å². The largest absolute Gasteiger partial charge is 0.379 e. The Morgan fingerprint density at radius 2 is 1.44 bits per heavy atom. The summed E-state index contributed by atoms with van der Waals surface area (Å²) in [5, 5.41) is 2.55. The van der Waals surface area contributed by atoms with E-state index in [-0.39, 0.29) is 42.5 Å². The summed E-state index contributed by atoms with van der Waals surface area (Å²) in [7, 11) is -4.36. The summed E-state index contributed by atoms with van der Waals surface area (Å²) in [6.45, 7) is 8.78. The van der Waals surface area contributed by atoms with E-state index in [1.807, 2.05) is 35.1 Å². The summed E-state index contributed by atoms with van der Waals surface area (Å²) >= 11 is 0. The van der Waals surface area contributed by atoms with Gasteiger partial charge in [0, 0.05) is 125 Å². The molecule has 5 aliphatic heterocycles. The molecule has 2 atom stereocenters. The SMILES string of the molecule is O=C1CCC(N2C(=O)c3ccc(N4CCN(CCOCCN5CCN(c6ccc(-c7cnc8[nH]cc(C(=O)c9c(F)ccc(NS(=O)(=O)N%10CC[C@@H](F)C%10)c9F)c8c7)cc6)CC5)CC4)cc3C2=O)C(=O)N1. The topological polar surface area (TPSA) is 201 Å². The van der Waals surface area contributed by atoms with E-state index in [0.29, 0.717) is 29.8 Å². The number of carbonyl (C=O) groups is 5. The molecule has 0 saturated carbocycles. The van der Waals surface area contributed by atoms with Gasteiger partial charge in [0.2, 0.25) is 17.6 Å². The third-order valence-corrected chi connectivity index (χ3v) is 15.5. The van der Waals surface area contributed by atoms with Crippen LogP contribution in [0.2, 0.25) is 0 Å². The number of piperazine rings is 2. The number of alkyl halides is 1. The number of ketones is 1. The Bertz CT molecular complexity index is 3030. The first-order valence-corrected chi connectivity index (χ1v) is 25.1. The number of pyridine rings is 1. The number of rotatable bonds is 15. The Balaban J connectivity index is 0.666. The summed E-state index contributed by atoms with van der Waals surface area (Å²) in [4.78, 5) is 81.7. The maximum absolute atomic E-state index is 15.8. The van der Waals surface area contributed by atoms with Gasteiger partial charge < -0.3 is 19.5 Å². The second-order valence-corrected chi connectivity index (χ2v) is 20.0. The van der Waals surface area contributed by atoms with Gasteiger partial charge in [-0.05, 0) is 66.9 Å². The maximum Gasteiger partial charge on any atom is 0.301 e. The van der Waals surface area contributed by atoms with Crippen molar-refractivity contribution in [2.45, 2.75) is 31.5 Å². The van der Waals surface area contributed by atoms with Crippen LogP contribution in [0.4, 0.5) is 30.2 Å².